The van der Waals surface area contributed by atoms with E-state index in [2.05, 4.69) is 47.0 Å². The van der Waals surface area contributed by atoms with Gasteiger partial charge in [0.15, 0.2) is 0 Å². The minimum atomic E-state index is 0.320. The van der Waals surface area contributed by atoms with Crippen LogP contribution in [0.4, 0.5) is 0 Å². The van der Waals surface area contributed by atoms with Crippen LogP contribution in [0.1, 0.15) is 52.3 Å². The lowest BCUT2D eigenvalue weighted by Gasteiger charge is -2.29. The molecule has 1 saturated heterocycles. The molecular weight excluding hydrogens is 234 g/mol. The second-order valence-corrected chi connectivity index (χ2v) is 5.86. The van der Waals surface area contributed by atoms with E-state index < -0.39 is 0 Å². The van der Waals surface area contributed by atoms with E-state index in [9.17, 15) is 0 Å². The number of nitrogens with one attached hydrogen (secondary N) is 1. The number of hydrogen-bond acceptors (Lipinski definition) is 2. The molecular formula is C17H27NO. The first-order valence-corrected chi connectivity index (χ1v) is 7.34. The van der Waals surface area contributed by atoms with Crippen LogP contribution in [0.25, 0.3) is 0 Å². The molecule has 0 radical (unpaired) electrons. The van der Waals surface area contributed by atoms with Gasteiger partial charge in [0, 0.05) is 6.61 Å². The summed E-state index contributed by atoms with van der Waals surface area (Å²) in [6, 6.07) is 0.320. The highest BCUT2D eigenvalue weighted by Gasteiger charge is 2.29. The maximum absolute atomic E-state index is 5.92. The summed E-state index contributed by atoms with van der Waals surface area (Å²) in [4.78, 5) is 0. The molecule has 0 aromatic heterocycles. The molecule has 1 aromatic rings. The SMILES string of the molecule is CNC(c1c(C)c(C)c(C)c(C)c1C)C1CCCO1. The molecule has 0 bridgehead atoms. The molecule has 0 saturated carbocycles. The van der Waals surface area contributed by atoms with E-state index in [1.165, 1.54) is 39.8 Å². The van der Waals surface area contributed by atoms with Gasteiger partial charge in [0.1, 0.15) is 0 Å². The quantitative estimate of drug-likeness (QED) is 0.896. The molecule has 1 aliphatic heterocycles. The van der Waals surface area contributed by atoms with Crippen LogP contribution in [0.3, 0.4) is 0 Å². The Hall–Kier alpha value is -0.860. The molecule has 0 spiro atoms. The van der Waals surface area contributed by atoms with Gasteiger partial charge < -0.3 is 10.1 Å². The van der Waals surface area contributed by atoms with Crippen LogP contribution in [0.15, 0.2) is 0 Å². The van der Waals surface area contributed by atoms with Gasteiger partial charge in [0.2, 0.25) is 0 Å². The molecule has 19 heavy (non-hydrogen) atoms. The minimum Gasteiger partial charge on any atom is -0.376 e. The Morgan fingerprint density at radius 2 is 1.47 bits per heavy atom. The second-order valence-electron chi connectivity index (χ2n) is 5.86. The summed E-state index contributed by atoms with van der Waals surface area (Å²) in [5.41, 5.74) is 8.59. The van der Waals surface area contributed by atoms with Crippen molar-refractivity contribution in [3.8, 4) is 0 Å². The monoisotopic (exact) mass is 261 g/mol. The summed E-state index contributed by atoms with van der Waals surface area (Å²) in [7, 11) is 2.05. The summed E-state index contributed by atoms with van der Waals surface area (Å²) < 4.78 is 5.92. The Bertz CT molecular complexity index is 444. The normalized spacial score (nSPS) is 20.8. The summed E-state index contributed by atoms with van der Waals surface area (Å²) in [5.74, 6) is 0. The zero-order chi connectivity index (χ0) is 14.2. The molecule has 106 valence electrons. The topological polar surface area (TPSA) is 21.3 Å². The van der Waals surface area contributed by atoms with E-state index >= 15 is 0 Å². The average Bonchev–Trinajstić information content (AvgIpc) is 2.93. The fourth-order valence-corrected chi connectivity index (χ4v) is 3.38. The van der Waals surface area contributed by atoms with Crippen LogP contribution in [0.5, 0.6) is 0 Å². The first kappa shape index (κ1) is 14.5. The summed E-state index contributed by atoms with van der Waals surface area (Å²) >= 11 is 0. The maximum Gasteiger partial charge on any atom is 0.0770 e. The molecule has 2 atom stereocenters. The summed E-state index contributed by atoms with van der Waals surface area (Å²) in [5, 5.41) is 3.49. The molecule has 0 aliphatic carbocycles. The van der Waals surface area contributed by atoms with E-state index in [1.54, 1.807) is 0 Å². The van der Waals surface area contributed by atoms with Crippen molar-refractivity contribution in [2.24, 2.45) is 0 Å². The standard InChI is InChI=1S/C17H27NO/c1-10-11(2)13(4)16(14(5)12(10)3)17(18-6)15-8-7-9-19-15/h15,17-18H,7-9H2,1-6H3. The fraction of sp³-hybridized carbons (Fsp3) is 0.647. The summed E-state index contributed by atoms with van der Waals surface area (Å²) in [6.07, 6.45) is 2.67. The molecule has 1 heterocycles. The molecule has 1 aliphatic rings. The van der Waals surface area contributed by atoms with Crippen molar-refractivity contribution in [1.29, 1.82) is 0 Å². The van der Waals surface area contributed by atoms with Crippen molar-refractivity contribution < 1.29 is 4.74 Å². The molecule has 2 rings (SSSR count). The van der Waals surface area contributed by atoms with E-state index in [4.69, 9.17) is 4.74 Å². The lowest BCUT2D eigenvalue weighted by Crippen LogP contribution is -2.31. The third kappa shape index (κ3) is 2.44. The van der Waals surface area contributed by atoms with Gasteiger partial charge in [-0.3, -0.25) is 0 Å². The molecule has 1 N–H and O–H groups in total. The van der Waals surface area contributed by atoms with Gasteiger partial charge in [-0.1, -0.05) is 0 Å². The largest absolute Gasteiger partial charge is 0.376 e. The van der Waals surface area contributed by atoms with Gasteiger partial charge in [-0.2, -0.15) is 0 Å². The van der Waals surface area contributed by atoms with E-state index in [1.807, 2.05) is 0 Å². The van der Waals surface area contributed by atoms with Crippen molar-refractivity contribution in [3.05, 3.63) is 33.4 Å². The van der Waals surface area contributed by atoms with Crippen molar-refractivity contribution in [3.63, 3.8) is 0 Å². The lowest BCUT2D eigenvalue weighted by atomic mass is 9.84. The Kier molecular flexibility index (Phi) is 4.32. The Balaban J connectivity index is 2.53. The number of hydrogen-bond donors (Lipinski definition) is 1. The first-order valence-electron chi connectivity index (χ1n) is 7.34. The van der Waals surface area contributed by atoms with Gasteiger partial charge in [0.25, 0.3) is 0 Å². The molecule has 2 unspecified atom stereocenters. The number of likely N-dealkylation sites (N-methyl/N-ethyl adjacent to an activating group) is 1. The maximum atomic E-state index is 5.92. The van der Waals surface area contributed by atoms with Gasteiger partial charge in [-0.25, -0.2) is 0 Å². The van der Waals surface area contributed by atoms with Crippen molar-refractivity contribution in [2.75, 3.05) is 13.7 Å². The van der Waals surface area contributed by atoms with E-state index in [0.717, 1.165) is 13.0 Å². The predicted octanol–water partition coefficient (Wildman–Crippen LogP) is 3.67. The predicted molar refractivity (Wildman–Crippen MR) is 80.9 cm³/mol. The third-order valence-electron chi connectivity index (χ3n) is 5.02. The van der Waals surface area contributed by atoms with Gasteiger partial charge in [0.05, 0.1) is 12.1 Å². The van der Waals surface area contributed by atoms with Crippen molar-refractivity contribution >= 4 is 0 Å². The number of ether oxygens (including phenoxy) is 1. The smallest absolute Gasteiger partial charge is 0.0770 e. The molecule has 2 heteroatoms. The van der Waals surface area contributed by atoms with Crippen LogP contribution in [-0.4, -0.2) is 19.8 Å². The molecule has 1 fully saturated rings. The van der Waals surface area contributed by atoms with Gasteiger partial charge in [-0.05, 0) is 87.9 Å². The Morgan fingerprint density at radius 1 is 0.947 bits per heavy atom. The number of benzene rings is 1. The highest BCUT2D eigenvalue weighted by Crippen LogP contribution is 2.35. The zero-order valence-corrected chi connectivity index (χ0v) is 13.2. The molecule has 1 aromatic carbocycles. The van der Waals surface area contributed by atoms with Crippen molar-refractivity contribution in [2.45, 2.75) is 59.6 Å². The summed E-state index contributed by atoms with van der Waals surface area (Å²) in [6.45, 7) is 12.1. The minimum absolute atomic E-state index is 0.320. The van der Waals surface area contributed by atoms with Crippen LogP contribution in [-0.2, 0) is 4.74 Å². The molecule has 2 nitrogen and oxygen atoms in total. The van der Waals surface area contributed by atoms with Crippen molar-refractivity contribution in [1.82, 2.24) is 5.32 Å². The van der Waals surface area contributed by atoms with Crippen LogP contribution < -0.4 is 5.32 Å². The fourth-order valence-electron chi connectivity index (χ4n) is 3.38. The highest BCUT2D eigenvalue weighted by molar-refractivity contribution is 5.51. The van der Waals surface area contributed by atoms with Crippen LogP contribution >= 0.6 is 0 Å². The zero-order valence-electron chi connectivity index (χ0n) is 13.2. The Morgan fingerprint density at radius 3 is 1.89 bits per heavy atom. The third-order valence-corrected chi connectivity index (χ3v) is 5.02. The van der Waals surface area contributed by atoms with Gasteiger partial charge in [-0.15, -0.1) is 0 Å². The average molecular weight is 261 g/mol. The van der Waals surface area contributed by atoms with E-state index in [-0.39, 0.29) is 0 Å². The van der Waals surface area contributed by atoms with Crippen LogP contribution in [0, 0.1) is 34.6 Å². The number of rotatable bonds is 3. The highest BCUT2D eigenvalue weighted by atomic mass is 16.5. The second kappa shape index (κ2) is 5.64. The first-order chi connectivity index (χ1) is 8.99. The van der Waals surface area contributed by atoms with Gasteiger partial charge >= 0.3 is 0 Å². The molecule has 0 amide bonds. The van der Waals surface area contributed by atoms with E-state index in [0.29, 0.717) is 12.1 Å². The Labute approximate surface area is 117 Å². The van der Waals surface area contributed by atoms with Crippen LogP contribution in [0.2, 0.25) is 0 Å². The lowest BCUT2D eigenvalue weighted by molar-refractivity contribution is 0.0803.